The fraction of sp³-hybridized carbons (Fsp3) is 0.880. The number of phosphoric acid groups is 1. The third-order valence-corrected chi connectivity index (χ3v) is 12.1. The molecule has 11 heteroatoms. The number of rotatable bonds is 48. The topological polar surface area (TPSA) is 149 Å². The molecule has 61 heavy (non-hydrogen) atoms. The zero-order chi connectivity index (χ0) is 44.8. The number of hydrogen-bond acceptors (Lipinski definition) is 9. The van der Waals surface area contributed by atoms with Crippen LogP contribution in [0.5, 0.6) is 0 Å². The number of carbonyl (C=O) groups excluding carboxylic acids is 2. The Morgan fingerprint density at radius 1 is 0.492 bits per heavy atom. The lowest BCUT2D eigenvalue weighted by Gasteiger charge is -2.20. The summed E-state index contributed by atoms with van der Waals surface area (Å²) in [5, 5.41) is 18.4. The van der Waals surface area contributed by atoms with Crippen LogP contribution in [0.25, 0.3) is 0 Å². The number of carbonyl (C=O) groups is 2. The maximum absolute atomic E-state index is 12.7. The molecule has 3 atom stereocenters. The molecule has 0 aromatic carbocycles. The van der Waals surface area contributed by atoms with Crippen molar-refractivity contribution in [3.8, 4) is 0 Å². The van der Waals surface area contributed by atoms with E-state index in [1.165, 1.54) is 154 Å². The van der Waals surface area contributed by atoms with Gasteiger partial charge in [0.15, 0.2) is 6.10 Å². The van der Waals surface area contributed by atoms with Gasteiger partial charge in [0.2, 0.25) is 0 Å². The molecular formula is C50H95O10P. The van der Waals surface area contributed by atoms with Gasteiger partial charge in [-0.3, -0.25) is 18.6 Å². The number of aliphatic hydroxyl groups is 2. The van der Waals surface area contributed by atoms with Gasteiger partial charge in [0.05, 0.1) is 19.8 Å². The number of unbranched alkanes of at least 4 members (excludes halogenated alkanes) is 30. The standard InChI is InChI=1S/C50H95O10P/c1-3-5-7-9-11-13-15-17-19-21-22-23-24-26-27-29-31-33-35-37-39-41-49(53)57-45-48(46-59-61(55,56)58-44-47(52)43-51)60-50(54)42-40-38-36-34-32-30-28-25-20-18-16-14-12-10-8-6-4-2/h12,14,18,20,47-48,51-52H,3-11,13,15-17,19,21-46H2,1-2H3,(H,55,56)/b14-12+,20-18+/t47-,48+/m0/s1. The fourth-order valence-corrected chi connectivity index (χ4v) is 7.99. The molecule has 0 saturated heterocycles. The van der Waals surface area contributed by atoms with Crippen LogP contribution in [0.3, 0.4) is 0 Å². The maximum Gasteiger partial charge on any atom is 0.472 e. The van der Waals surface area contributed by atoms with E-state index in [1.807, 2.05) is 0 Å². The second-order valence-electron chi connectivity index (χ2n) is 17.2. The van der Waals surface area contributed by atoms with Crippen LogP contribution in [0.2, 0.25) is 0 Å². The summed E-state index contributed by atoms with van der Waals surface area (Å²) in [6.45, 7) is 2.39. The van der Waals surface area contributed by atoms with E-state index in [0.29, 0.717) is 12.8 Å². The van der Waals surface area contributed by atoms with Crippen LogP contribution in [0.15, 0.2) is 24.3 Å². The molecule has 0 amide bonds. The first-order chi connectivity index (χ1) is 29.7. The lowest BCUT2D eigenvalue weighted by atomic mass is 10.0. The fourth-order valence-electron chi connectivity index (χ4n) is 7.20. The normalized spacial score (nSPS) is 13.9. The first kappa shape index (κ1) is 59.5. The van der Waals surface area contributed by atoms with Gasteiger partial charge in [-0.05, 0) is 44.9 Å². The van der Waals surface area contributed by atoms with Crippen LogP contribution in [-0.2, 0) is 32.7 Å². The van der Waals surface area contributed by atoms with Gasteiger partial charge in [-0.15, -0.1) is 0 Å². The highest BCUT2D eigenvalue weighted by Gasteiger charge is 2.27. The van der Waals surface area contributed by atoms with Crippen molar-refractivity contribution in [2.45, 2.75) is 257 Å². The second kappa shape index (κ2) is 46.4. The van der Waals surface area contributed by atoms with Crippen molar-refractivity contribution in [3.05, 3.63) is 24.3 Å². The largest absolute Gasteiger partial charge is 0.472 e. The summed E-state index contributed by atoms with van der Waals surface area (Å²) in [6.07, 6.45) is 48.6. The molecule has 360 valence electrons. The number of allylic oxidation sites excluding steroid dienone is 4. The summed E-state index contributed by atoms with van der Waals surface area (Å²) in [7, 11) is -4.62. The summed E-state index contributed by atoms with van der Waals surface area (Å²) < 4.78 is 32.8. The molecule has 0 fully saturated rings. The van der Waals surface area contributed by atoms with E-state index in [-0.39, 0.29) is 19.4 Å². The van der Waals surface area contributed by atoms with Crippen molar-refractivity contribution < 1.29 is 47.8 Å². The molecule has 3 N–H and O–H groups in total. The molecule has 0 spiro atoms. The monoisotopic (exact) mass is 887 g/mol. The third-order valence-electron chi connectivity index (χ3n) is 11.1. The molecule has 0 rings (SSSR count). The van der Waals surface area contributed by atoms with E-state index in [1.54, 1.807) is 0 Å². The number of esters is 2. The molecule has 0 heterocycles. The minimum Gasteiger partial charge on any atom is -0.462 e. The first-order valence-corrected chi connectivity index (χ1v) is 26.8. The van der Waals surface area contributed by atoms with Crippen LogP contribution in [0, 0.1) is 0 Å². The molecule has 10 nitrogen and oxygen atoms in total. The Hall–Kier alpha value is -1.55. The summed E-state index contributed by atoms with van der Waals surface area (Å²) in [5.74, 6) is -0.921. The highest BCUT2D eigenvalue weighted by molar-refractivity contribution is 7.47. The smallest absolute Gasteiger partial charge is 0.462 e. The highest BCUT2D eigenvalue weighted by atomic mass is 31.2. The summed E-state index contributed by atoms with van der Waals surface area (Å²) in [4.78, 5) is 35.1. The SMILES string of the molecule is CCCCC/C=C/C/C=C/CCCCCCCCCC(=O)O[C@H](COC(=O)CCCCCCCCCCCCCCCCCCCCCCC)COP(=O)(O)OC[C@@H](O)CO. The molecule has 1 unspecified atom stereocenters. The van der Waals surface area contributed by atoms with Gasteiger partial charge in [0.25, 0.3) is 0 Å². The Morgan fingerprint density at radius 3 is 1.30 bits per heavy atom. The summed E-state index contributed by atoms with van der Waals surface area (Å²) in [5.41, 5.74) is 0. The average Bonchev–Trinajstić information content (AvgIpc) is 3.25. The van der Waals surface area contributed by atoms with Crippen LogP contribution >= 0.6 is 7.82 Å². The van der Waals surface area contributed by atoms with Gasteiger partial charge in [0.1, 0.15) is 12.7 Å². The Labute approximate surface area is 374 Å². The second-order valence-corrected chi connectivity index (χ2v) is 18.7. The molecule has 0 aromatic rings. The average molecular weight is 887 g/mol. The molecule has 0 aliphatic carbocycles. The van der Waals surface area contributed by atoms with Crippen molar-refractivity contribution in [2.24, 2.45) is 0 Å². The zero-order valence-corrected chi connectivity index (χ0v) is 40.3. The van der Waals surface area contributed by atoms with E-state index >= 15 is 0 Å². The van der Waals surface area contributed by atoms with Gasteiger partial charge in [-0.1, -0.05) is 212 Å². The van der Waals surface area contributed by atoms with Crippen LogP contribution < -0.4 is 0 Å². The number of hydrogen-bond donors (Lipinski definition) is 3. The van der Waals surface area contributed by atoms with E-state index in [0.717, 1.165) is 51.4 Å². The van der Waals surface area contributed by atoms with Gasteiger partial charge >= 0.3 is 19.8 Å². The van der Waals surface area contributed by atoms with Gasteiger partial charge in [0, 0.05) is 12.8 Å². The lowest BCUT2D eigenvalue weighted by Crippen LogP contribution is -2.29. The Balaban J connectivity index is 4.16. The minimum absolute atomic E-state index is 0.178. The number of phosphoric ester groups is 1. The van der Waals surface area contributed by atoms with Crippen LogP contribution in [-0.4, -0.2) is 65.7 Å². The Morgan fingerprint density at radius 2 is 0.852 bits per heavy atom. The molecule has 0 aliphatic rings. The van der Waals surface area contributed by atoms with Crippen molar-refractivity contribution in [1.82, 2.24) is 0 Å². The highest BCUT2D eigenvalue weighted by Crippen LogP contribution is 2.43. The van der Waals surface area contributed by atoms with Crippen molar-refractivity contribution >= 4 is 19.8 Å². The zero-order valence-electron chi connectivity index (χ0n) is 39.4. The summed E-state index contributed by atoms with van der Waals surface area (Å²) in [6, 6.07) is 0. The molecule has 0 radical (unpaired) electrons. The molecule has 0 aliphatic heterocycles. The molecule has 0 bridgehead atoms. The van der Waals surface area contributed by atoms with Gasteiger partial charge in [-0.2, -0.15) is 0 Å². The maximum atomic E-state index is 12.7. The van der Waals surface area contributed by atoms with Gasteiger partial charge < -0.3 is 24.6 Å². The van der Waals surface area contributed by atoms with Crippen molar-refractivity contribution in [3.63, 3.8) is 0 Å². The summed E-state index contributed by atoms with van der Waals surface area (Å²) >= 11 is 0. The van der Waals surface area contributed by atoms with Crippen LogP contribution in [0.4, 0.5) is 0 Å². The third kappa shape index (κ3) is 46.3. The molecule has 0 saturated carbocycles. The van der Waals surface area contributed by atoms with E-state index in [2.05, 4.69) is 38.2 Å². The van der Waals surface area contributed by atoms with E-state index < -0.39 is 51.8 Å². The molecular weight excluding hydrogens is 792 g/mol. The van der Waals surface area contributed by atoms with Crippen LogP contribution in [0.1, 0.15) is 245 Å². The number of ether oxygens (including phenoxy) is 2. The minimum atomic E-state index is -4.62. The first-order valence-electron chi connectivity index (χ1n) is 25.3. The van der Waals surface area contributed by atoms with Crippen molar-refractivity contribution in [1.29, 1.82) is 0 Å². The van der Waals surface area contributed by atoms with E-state index in [4.69, 9.17) is 23.6 Å². The lowest BCUT2D eigenvalue weighted by molar-refractivity contribution is -0.161. The number of aliphatic hydroxyl groups excluding tert-OH is 2. The Kier molecular flexibility index (Phi) is 45.3. The predicted molar refractivity (Wildman–Crippen MR) is 252 cm³/mol. The predicted octanol–water partition coefficient (Wildman–Crippen LogP) is 14.1. The van der Waals surface area contributed by atoms with E-state index in [9.17, 15) is 24.2 Å². The van der Waals surface area contributed by atoms with Gasteiger partial charge in [-0.25, -0.2) is 4.57 Å². The van der Waals surface area contributed by atoms with Crippen molar-refractivity contribution in [2.75, 3.05) is 26.4 Å². The quantitative estimate of drug-likeness (QED) is 0.0233. The Bertz CT molecular complexity index is 1070. The molecule has 0 aromatic heterocycles.